The van der Waals surface area contributed by atoms with E-state index in [9.17, 15) is 14.4 Å². The highest BCUT2D eigenvalue weighted by Crippen LogP contribution is 2.29. The number of anilines is 1. The first-order valence-electron chi connectivity index (χ1n) is 10.9. The summed E-state index contributed by atoms with van der Waals surface area (Å²) in [5, 5.41) is 3.21. The Morgan fingerprint density at radius 2 is 1.94 bits per heavy atom. The van der Waals surface area contributed by atoms with E-state index < -0.39 is 5.97 Å². The van der Waals surface area contributed by atoms with E-state index in [0.717, 1.165) is 36.8 Å². The van der Waals surface area contributed by atoms with Crippen molar-refractivity contribution in [3.05, 3.63) is 56.4 Å². The summed E-state index contributed by atoms with van der Waals surface area (Å²) in [6.07, 6.45) is 6.39. The number of nitrogens with zero attached hydrogens (tertiary/aromatic N) is 2. The zero-order valence-corrected chi connectivity index (χ0v) is 19.4. The topological polar surface area (TPSA) is 90.3 Å². The zero-order valence-electron chi connectivity index (χ0n) is 18.6. The van der Waals surface area contributed by atoms with E-state index in [4.69, 9.17) is 4.74 Å². The van der Waals surface area contributed by atoms with Gasteiger partial charge >= 0.3 is 5.97 Å². The molecule has 1 aromatic carbocycles. The Labute approximate surface area is 190 Å². The molecule has 1 fully saturated rings. The van der Waals surface area contributed by atoms with Gasteiger partial charge < -0.3 is 10.1 Å². The van der Waals surface area contributed by atoms with Crippen molar-refractivity contribution in [1.29, 1.82) is 0 Å². The lowest BCUT2D eigenvalue weighted by molar-refractivity contribution is -0.116. The lowest BCUT2D eigenvalue weighted by Crippen LogP contribution is -2.28. The number of rotatable bonds is 5. The lowest BCUT2D eigenvalue weighted by Gasteiger charge is -2.21. The smallest absolute Gasteiger partial charge is 0.348 e. The van der Waals surface area contributed by atoms with Crippen LogP contribution in [0.15, 0.2) is 29.3 Å². The van der Waals surface area contributed by atoms with E-state index in [0.29, 0.717) is 26.3 Å². The Balaban J connectivity index is 1.54. The third-order valence-electron chi connectivity index (χ3n) is 5.90. The fourth-order valence-corrected chi connectivity index (χ4v) is 5.17. The monoisotopic (exact) mass is 453 g/mol. The van der Waals surface area contributed by atoms with Crippen molar-refractivity contribution in [2.45, 2.75) is 65.5 Å². The molecule has 1 aliphatic rings. The van der Waals surface area contributed by atoms with Gasteiger partial charge in [-0.2, -0.15) is 0 Å². The lowest BCUT2D eigenvalue weighted by atomic mass is 9.98. The average molecular weight is 454 g/mol. The summed E-state index contributed by atoms with van der Waals surface area (Å²) >= 11 is 1.17. The van der Waals surface area contributed by atoms with Crippen LogP contribution in [0.4, 0.5) is 5.69 Å². The first-order chi connectivity index (χ1) is 15.3. The average Bonchev–Trinajstić information content (AvgIpc) is 3.10. The highest BCUT2D eigenvalue weighted by molar-refractivity contribution is 7.20. The summed E-state index contributed by atoms with van der Waals surface area (Å²) < 4.78 is 6.95. The van der Waals surface area contributed by atoms with Gasteiger partial charge in [0.2, 0.25) is 5.91 Å². The summed E-state index contributed by atoms with van der Waals surface area (Å²) in [4.78, 5) is 43.6. The molecule has 0 spiro atoms. The van der Waals surface area contributed by atoms with Gasteiger partial charge in [0.15, 0.2) is 0 Å². The van der Waals surface area contributed by atoms with Gasteiger partial charge in [-0.05, 0) is 63.6 Å². The number of benzene rings is 1. The molecule has 2 aromatic heterocycles. The molecule has 32 heavy (non-hydrogen) atoms. The molecule has 3 aromatic rings. The fourth-order valence-electron chi connectivity index (χ4n) is 4.15. The SMILES string of the molecule is Cc1ccc(NC(=O)Cn2cnc3sc(C(=O)OC4CCCCC4)c(C)c3c2=O)c(C)c1. The molecule has 0 radical (unpaired) electrons. The van der Waals surface area contributed by atoms with E-state index in [1.54, 1.807) is 6.92 Å². The molecule has 7 nitrogen and oxygen atoms in total. The number of thiophene rings is 1. The molecule has 168 valence electrons. The maximum atomic E-state index is 13.1. The summed E-state index contributed by atoms with van der Waals surface area (Å²) in [6.45, 7) is 5.48. The number of aromatic nitrogens is 2. The van der Waals surface area contributed by atoms with Crippen LogP contribution in [-0.4, -0.2) is 27.5 Å². The van der Waals surface area contributed by atoms with E-state index in [1.165, 1.54) is 28.7 Å². The third kappa shape index (κ3) is 4.60. The Morgan fingerprint density at radius 1 is 1.19 bits per heavy atom. The number of amides is 1. The number of ether oxygens (including phenoxy) is 1. The van der Waals surface area contributed by atoms with Crippen LogP contribution in [0, 0.1) is 20.8 Å². The van der Waals surface area contributed by atoms with Crippen LogP contribution < -0.4 is 10.9 Å². The number of esters is 1. The molecular formula is C24H27N3O4S. The van der Waals surface area contributed by atoms with Crippen LogP contribution in [0.3, 0.4) is 0 Å². The Kier molecular flexibility index (Phi) is 6.41. The summed E-state index contributed by atoms with van der Waals surface area (Å²) in [7, 11) is 0. The van der Waals surface area contributed by atoms with Gasteiger partial charge in [0.1, 0.15) is 22.4 Å². The van der Waals surface area contributed by atoms with Crippen molar-refractivity contribution in [2.75, 3.05) is 5.32 Å². The Morgan fingerprint density at radius 3 is 2.66 bits per heavy atom. The second kappa shape index (κ2) is 9.24. The summed E-state index contributed by atoms with van der Waals surface area (Å²) in [6, 6.07) is 5.75. The maximum Gasteiger partial charge on any atom is 0.348 e. The number of aryl methyl sites for hydroxylation is 3. The predicted molar refractivity (Wildman–Crippen MR) is 125 cm³/mol. The van der Waals surface area contributed by atoms with Crippen molar-refractivity contribution in [1.82, 2.24) is 9.55 Å². The van der Waals surface area contributed by atoms with E-state index in [2.05, 4.69) is 10.3 Å². The molecule has 1 aliphatic carbocycles. The Hall–Kier alpha value is -3.00. The number of carbonyl (C=O) groups excluding carboxylic acids is 2. The molecule has 4 rings (SSSR count). The first-order valence-corrected chi connectivity index (χ1v) is 11.7. The van der Waals surface area contributed by atoms with Gasteiger partial charge in [-0.1, -0.05) is 24.1 Å². The van der Waals surface area contributed by atoms with Gasteiger partial charge in [-0.3, -0.25) is 14.2 Å². The molecule has 0 atom stereocenters. The first kappa shape index (κ1) is 22.2. The maximum absolute atomic E-state index is 13.1. The van der Waals surface area contributed by atoms with Crippen molar-refractivity contribution < 1.29 is 14.3 Å². The van der Waals surface area contributed by atoms with Crippen LogP contribution in [0.5, 0.6) is 0 Å². The third-order valence-corrected chi connectivity index (χ3v) is 7.08. The van der Waals surface area contributed by atoms with E-state index in [1.807, 2.05) is 32.0 Å². The number of hydrogen-bond donors (Lipinski definition) is 1. The second-order valence-electron chi connectivity index (χ2n) is 8.45. The largest absolute Gasteiger partial charge is 0.458 e. The highest BCUT2D eigenvalue weighted by Gasteiger charge is 2.24. The van der Waals surface area contributed by atoms with Gasteiger partial charge in [0.25, 0.3) is 5.56 Å². The molecular weight excluding hydrogens is 426 g/mol. The number of fused-ring (bicyclic) bond motifs is 1. The number of hydrogen-bond acceptors (Lipinski definition) is 6. The van der Waals surface area contributed by atoms with Crippen molar-refractivity contribution in [3.63, 3.8) is 0 Å². The summed E-state index contributed by atoms with van der Waals surface area (Å²) in [5.74, 6) is -0.707. The van der Waals surface area contributed by atoms with Crippen LogP contribution >= 0.6 is 11.3 Å². The molecule has 1 N–H and O–H groups in total. The highest BCUT2D eigenvalue weighted by atomic mass is 32.1. The molecule has 1 amide bonds. The van der Waals surface area contributed by atoms with Crippen molar-refractivity contribution >= 4 is 39.1 Å². The van der Waals surface area contributed by atoms with Crippen LogP contribution in [0.25, 0.3) is 10.2 Å². The van der Waals surface area contributed by atoms with E-state index in [-0.39, 0.29) is 24.1 Å². The molecule has 8 heteroatoms. The van der Waals surface area contributed by atoms with Gasteiger partial charge in [0.05, 0.1) is 11.7 Å². The molecule has 1 saturated carbocycles. The molecule has 2 heterocycles. The summed E-state index contributed by atoms with van der Waals surface area (Å²) in [5.41, 5.74) is 3.00. The second-order valence-corrected chi connectivity index (χ2v) is 9.44. The molecule has 0 unspecified atom stereocenters. The zero-order chi connectivity index (χ0) is 22.8. The van der Waals surface area contributed by atoms with E-state index >= 15 is 0 Å². The molecule has 0 saturated heterocycles. The Bertz CT molecular complexity index is 1240. The number of carbonyl (C=O) groups is 2. The predicted octanol–water partition coefficient (Wildman–Crippen LogP) is 4.51. The minimum absolute atomic E-state index is 0.0561. The van der Waals surface area contributed by atoms with Crippen molar-refractivity contribution in [2.24, 2.45) is 0 Å². The van der Waals surface area contributed by atoms with Crippen LogP contribution in [0.1, 0.15) is 58.5 Å². The quantitative estimate of drug-likeness (QED) is 0.574. The molecule has 0 aliphatic heterocycles. The minimum Gasteiger partial charge on any atom is -0.458 e. The normalized spacial score (nSPS) is 14.5. The van der Waals surface area contributed by atoms with Crippen molar-refractivity contribution in [3.8, 4) is 0 Å². The van der Waals surface area contributed by atoms with Gasteiger partial charge in [-0.15, -0.1) is 11.3 Å². The van der Waals surface area contributed by atoms with Gasteiger partial charge in [0, 0.05) is 5.69 Å². The van der Waals surface area contributed by atoms with Gasteiger partial charge in [-0.25, -0.2) is 9.78 Å². The fraction of sp³-hybridized carbons (Fsp3) is 0.417. The number of nitrogens with one attached hydrogen (secondary N) is 1. The van der Waals surface area contributed by atoms with Crippen LogP contribution in [0.2, 0.25) is 0 Å². The van der Waals surface area contributed by atoms with Crippen LogP contribution in [-0.2, 0) is 16.1 Å². The minimum atomic E-state index is -0.393. The molecule has 0 bridgehead atoms. The standard InChI is InChI=1S/C24H27N3O4S/c1-14-9-10-18(15(2)11-14)26-19(28)12-27-13-25-22-20(23(27)29)16(3)21(32-22)24(30)31-17-7-5-4-6-8-17/h9-11,13,17H,4-8,12H2,1-3H3,(H,26,28).